The van der Waals surface area contributed by atoms with Crippen LogP contribution in [0.4, 0.5) is 0 Å². The summed E-state index contributed by atoms with van der Waals surface area (Å²) in [4.78, 5) is 11.3. The van der Waals surface area contributed by atoms with Crippen LogP contribution in [-0.2, 0) is 28.8 Å². The number of nitrogens with zero attached hydrogens (tertiary/aromatic N) is 1. The summed E-state index contributed by atoms with van der Waals surface area (Å²) in [6.45, 7) is 5.03. The van der Waals surface area contributed by atoms with Crippen molar-refractivity contribution >= 4 is 25.8 Å². The minimum atomic E-state index is -3.77. The monoisotopic (exact) mass is 373 g/mol. The molecule has 1 aliphatic rings. The molecule has 24 heavy (non-hydrogen) atoms. The molecule has 0 bridgehead atoms. The quantitative estimate of drug-likeness (QED) is 0.760. The third-order valence-corrected chi connectivity index (χ3v) is 8.20. The third-order valence-electron chi connectivity index (χ3n) is 4.45. The number of hydrogen-bond donors (Lipinski definition) is 0. The predicted octanol–water partition coefficient (Wildman–Crippen LogP) is 2.53. The first-order valence-electron chi connectivity index (χ1n) is 7.73. The van der Waals surface area contributed by atoms with Gasteiger partial charge in [-0.05, 0) is 55.4 Å². The van der Waals surface area contributed by atoms with E-state index in [9.17, 15) is 17.4 Å². The molecule has 0 spiro atoms. The second kappa shape index (κ2) is 6.93. The van der Waals surface area contributed by atoms with E-state index >= 15 is 0 Å². The lowest BCUT2D eigenvalue weighted by atomic mass is 9.87. The average Bonchev–Trinajstić information content (AvgIpc) is 2.48. The van der Waals surface area contributed by atoms with Crippen LogP contribution in [0.15, 0.2) is 21.4 Å². The molecular formula is C16H23NO5S2. The molecule has 1 aromatic carbocycles. The molecule has 134 valence electrons. The van der Waals surface area contributed by atoms with E-state index in [0.717, 1.165) is 18.2 Å². The summed E-state index contributed by atoms with van der Waals surface area (Å²) in [5, 5.41) is 0. The molecule has 1 fully saturated rings. The molecule has 0 saturated carbocycles. The van der Waals surface area contributed by atoms with E-state index in [1.54, 1.807) is 19.1 Å². The number of benzene rings is 1. The summed E-state index contributed by atoms with van der Waals surface area (Å²) in [5.41, 5.74) is 2.65. The fraction of sp³-hybridized carbons (Fsp3) is 0.562. The molecule has 8 heteroatoms. The van der Waals surface area contributed by atoms with Crippen LogP contribution in [0.5, 0.6) is 0 Å². The Hall–Kier alpha value is -1.25. The van der Waals surface area contributed by atoms with Crippen molar-refractivity contribution in [3.8, 4) is 0 Å². The first-order valence-corrected chi connectivity index (χ1v) is 11.0. The molecule has 1 saturated heterocycles. The summed E-state index contributed by atoms with van der Waals surface area (Å²) in [6, 6.07) is 3.34. The highest BCUT2D eigenvalue weighted by atomic mass is 32.2. The van der Waals surface area contributed by atoms with Gasteiger partial charge in [0, 0.05) is 18.4 Å². The molecule has 0 aromatic heterocycles. The second-order valence-electron chi connectivity index (χ2n) is 6.11. The van der Waals surface area contributed by atoms with Crippen LogP contribution in [0.3, 0.4) is 0 Å². The molecule has 1 aliphatic heterocycles. The summed E-state index contributed by atoms with van der Waals surface area (Å²) in [6.07, 6.45) is 1.24. The van der Waals surface area contributed by atoms with Crippen molar-refractivity contribution in [3.05, 3.63) is 28.8 Å². The number of carbonyl (C=O) groups excluding carboxylic acids is 1. The Morgan fingerprint density at radius 3 is 2.33 bits per heavy atom. The van der Waals surface area contributed by atoms with E-state index in [0.29, 0.717) is 29.9 Å². The van der Waals surface area contributed by atoms with Crippen molar-refractivity contribution in [3.63, 3.8) is 0 Å². The highest BCUT2D eigenvalue weighted by Crippen LogP contribution is 2.36. The smallest absolute Gasteiger partial charge is 0.272 e. The zero-order valence-corrected chi connectivity index (χ0v) is 16.0. The van der Waals surface area contributed by atoms with Crippen molar-refractivity contribution < 1.29 is 21.6 Å². The van der Waals surface area contributed by atoms with E-state index in [-0.39, 0.29) is 10.8 Å². The highest BCUT2D eigenvalue weighted by molar-refractivity contribution is 7.93. The number of rotatable bonds is 3. The van der Waals surface area contributed by atoms with Crippen molar-refractivity contribution in [2.24, 2.45) is 4.36 Å². The Morgan fingerprint density at radius 1 is 1.25 bits per heavy atom. The predicted molar refractivity (Wildman–Crippen MR) is 93.1 cm³/mol. The van der Waals surface area contributed by atoms with Gasteiger partial charge in [0.05, 0.1) is 21.7 Å². The summed E-state index contributed by atoms with van der Waals surface area (Å²) < 4.78 is 45.1. The first kappa shape index (κ1) is 19.1. The Balaban J connectivity index is 2.40. The molecule has 6 nitrogen and oxygen atoms in total. The van der Waals surface area contributed by atoms with Crippen LogP contribution in [0, 0.1) is 13.8 Å². The van der Waals surface area contributed by atoms with Gasteiger partial charge in [-0.15, -0.1) is 0 Å². The average molecular weight is 373 g/mol. The topological polar surface area (TPSA) is 89.9 Å². The van der Waals surface area contributed by atoms with Gasteiger partial charge in [-0.3, -0.25) is 8.98 Å². The Kier molecular flexibility index (Phi) is 5.51. The van der Waals surface area contributed by atoms with Crippen LogP contribution in [0.1, 0.15) is 42.4 Å². The molecule has 2 rings (SSSR count). The van der Waals surface area contributed by atoms with Gasteiger partial charge in [0.25, 0.3) is 16.0 Å². The molecule has 0 radical (unpaired) electrons. The zero-order chi connectivity index (χ0) is 18.1. The molecule has 0 N–H and O–H groups in total. The molecule has 0 atom stereocenters. The van der Waals surface area contributed by atoms with Crippen LogP contribution in [0.25, 0.3) is 0 Å². The molecule has 1 amide bonds. The second-order valence-corrected chi connectivity index (χ2v) is 10.3. The van der Waals surface area contributed by atoms with Crippen molar-refractivity contribution in [2.45, 2.75) is 44.4 Å². The van der Waals surface area contributed by atoms with Crippen molar-refractivity contribution in [2.75, 3.05) is 18.6 Å². The van der Waals surface area contributed by atoms with Crippen LogP contribution >= 0.6 is 0 Å². The maximum absolute atomic E-state index is 12.5. The van der Waals surface area contributed by atoms with Gasteiger partial charge in [-0.2, -0.15) is 12.8 Å². The lowest BCUT2D eigenvalue weighted by molar-refractivity contribution is -0.115. The van der Waals surface area contributed by atoms with Crippen molar-refractivity contribution in [1.82, 2.24) is 0 Å². The summed E-state index contributed by atoms with van der Waals surface area (Å²) in [7, 11) is -5.09. The van der Waals surface area contributed by atoms with Crippen LogP contribution < -0.4 is 0 Å². The lowest BCUT2D eigenvalue weighted by Gasteiger charge is -2.28. The van der Waals surface area contributed by atoms with Crippen LogP contribution in [0.2, 0.25) is 0 Å². The SMILES string of the molecule is COS(=O)(=O)c1ccc(C)c(C2CCS(=O)(=NC(C)=O)CC2)c1C. The standard InChI is InChI=1S/C16H23NO5S2/c1-11-5-6-15(24(20,21)22-4)12(2)16(11)14-7-9-23(19,10-8-14)17-13(3)18/h5-6,14H,7-10H2,1-4H3. The van der Waals surface area contributed by atoms with E-state index in [2.05, 4.69) is 8.55 Å². The Bertz CT molecular complexity index is 866. The minimum Gasteiger partial charge on any atom is -0.272 e. The Morgan fingerprint density at radius 2 is 1.83 bits per heavy atom. The third kappa shape index (κ3) is 3.87. The fourth-order valence-corrected chi connectivity index (χ4v) is 6.41. The largest absolute Gasteiger partial charge is 0.296 e. The van der Waals surface area contributed by atoms with E-state index < -0.39 is 25.8 Å². The Labute approximate surface area is 143 Å². The molecule has 1 heterocycles. The number of carbonyl (C=O) groups is 1. The van der Waals surface area contributed by atoms with Gasteiger partial charge < -0.3 is 0 Å². The minimum absolute atomic E-state index is 0.105. The van der Waals surface area contributed by atoms with E-state index in [1.807, 2.05) is 6.92 Å². The molecule has 1 aromatic rings. The summed E-state index contributed by atoms with van der Waals surface area (Å²) in [5.74, 6) is 0.419. The zero-order valence-electron chi connectivity index (χ0n) is 14.4. The number of hydrogen-bond acceptors (Lipinski definition) is 5. The highest BCUT2D eigenvalue weighted by Gasteiger charge is 2.28. The lowest BCUT2D eigenvalue weighted by Crippen LogP contribution is -2.24. The van der Waals surface area contributed by atoms with Gasteiger partial charge in [-0.1, -0.05) is 6.07 Å². The number of amides is 1. The van der Waals surface area contributed by atoms with Crippen molar-refractivity contribution in [1.29, 1.82) is 0 Å². The fourth-order valence-electron chi connectivity index (χ4n) is 3.35. The van der Waals surface area contributed by atoms with E-state index in [4.69, 9.17) is 0 Å². The maximum Gasteiger partial charge on any atom is 0.296 e. The van der Waals surface area contributed by atoms with Gasteiger partial charge in [0.2, 0.25) is 0 Å². The van der Waals surface area contributed by atoms with Gasteiger partial charge in [0.1, 0.15) is 0 Å². The number of aryl methyl sites for hydroxylation is 1. The van der Waals surface area contributed by atoms with Gasteiger partial charge in [0.15, 0.2) is 0 Å². The molecule has 0 aliphatic carbocycles. The van der Waals surface area contributed by atoms with Crippen LogP contribution in [-0.4, -0.2) is 37.1 Å². The van der Waals surface area contributed by atoms with Gasteiger partial charge >= 0.3 is 0 Å². The summed E-state index contributed by atoms with van der Waals surface area (Å²) >= 11 is 0. The molecular weight excluding hydrogens is 350 g/mol. The van der Waals surface area contributed by atoms with E-state index in [1.165, 1.54) is 6.92 Å². The molecule has 0 unspecified atom stereocenters. The maximum atomic E-state index is 12.5. The normalized spacial score (nSPS) is 24.6. The van der Waals surface area contributed by atoms with Gasteiger partial charge in [-0.25, -0.2) is 4.21 Å². The first-order chi connectivity index (χ1) is 11.1.